The monoisotopic (exact) mass is 408 g/mol. The Labute approximate surface area is 181 Å². The highest BCUT2D eigenvalue weighted by molar-refractivity contribution is 5.51. The fourth-order valence-electron chi connectivity index (χ4n) is 5.03. The van der Waals surface area contributed by atoms with Crippen LogP contribution in [0.5, 0.6) is 0 Å². The molecular weight excluding hydrogens is 372 g/mol. The Hall–Kier alpha value is -1.88. The first-order valence-electron chi connectivity index (χ1n) is 11.5. The van der Waals surface area contributed by atoms with Crippen molar-refractivity contribution in [1.82, 2.24) is 9.80 Å². The largest absolute Gasteiger partial charge is 0.465 e. The number of hydrogen-bond acceptors (Lipinski definition) is 4. The van der Waals surface area contributed by atoms with Crippen molar-refractivity contribution in [3.05, 3.63) is 65.1 Å². The lowest BCUT2D eigenvalue weighted by molar-refractivity contribution is -0.00649. The van der Waals surface area contributed by atoms with Gasteiger partial charge in [0.15, 0.2) is 0 Å². The fraction of sp³-hybridized carbons (Fsp3) is 0.538. The fourth-order valence-corrected chi connectivity index (χ4v) is 5.03. The van der Waals surface area contributed by atoms with E-state index in [9.17, 15) is 5.11 Å². The van der Waals surface area contributed by atoms with Gasteiger partial charge in [-0.2, -0.15) is 0 Å². The van der Waals surface area contributed by atoms with Crippen LogP contribution in [0.15, 0.2) is 52.7 Å². The van der Waals surface area contributed by atoms with E-state index < -0.39 is 5.60 Å². The molecule has 1 saturated heterocycles. The molecule has 0 bridgehead atoms. The van der Waals surface area contributed by atoms with Crippen molar-refractivity contribution in [3.8, 4) is 0 Å². The molecule has 4 heteroatoms. The second-order valence-corrected chi connectivity index (χ2v) is 9.32. The SMILES string of the molecule is Cc1ccc(CC2(O)C(=Cc3ccco3)CCCCC2CN2CCN(C)CC2)cc1. The van der Waals surface area contributed by atoms with Crippen LogP contribution < -0.4 is 0 Å². The predicted octanol–water partition coefficient (Wildman–Crippen LogP) is 4.38. The van der Waals surface area contributed by atoms with Gasteiger partial charge in [-0.1, -0.05) is 36.2 Å². The zero-order chi connectivity index (χ0) is 21.0. The van der Waals surface area contributed by atoms with Crippen molar-refractivity contribution in [2.24, 2.45) is 5.92 Å². The molecule has 2 aliphatic rings. The number of hydrogen-bond donors (Lipinski definition) is 1. The zero-order valence-electron chi connectivity index (χ0n) is 18.5. The average molecular weight is 409 g/mol. The lowest BCUT2D eigenvalue weighted by atomic mass is 9.75. The minimum atomic E-state index is -0.845. The van der Waals surface area contributed by atoms with Gasteiger partial charge < -0.3 is 19.3 Å². The lowest BCUT2D eigenvalue weighted by Crippen LogP contribution is -2.51. The third-order valence-corrected chi connectivity index (χ3v) is 7.01. The van der Waals surface area contributed by atoms with Crippen LogP contribution in [0.1, 0.15) is 42.6 Å². The van der Waals surface area contributed by atoms with Crippen molar-refractivity contribution in [2.75, 3.05) is 39.8 Å². The summed E-state index contributed by atoms with van der Waals surface area (Å²) in [6.07, 6.45) is 8.79. The number of nitrogens with zero attached hydrogens (tertiary/aromatic N) is 2. The highest BCUT2D eigenvalue weighted by atomic mass is 16.3. The molecule has 1 saturated carbocycles. The molecule has 2 aromatic rings. The van der Waals surface area contributed by atoms with E-state index in [0.29, 0.717) is 6.42 Å². The Morgan fingerprint density at radius 2 is 1.87 bits per heavy atom. The first-order chi connectivity index (χ1) is 14.5. The topological polar surface area (TPSA) is 39.9 Å². The normalized spacial score (nSPS) is 28.0. The van der Waals surface area contributed by atoms with Crippen LogP contribution in [0.25, 0.3) is 6.08 Å². The Balaban J connectivity index is 1.65. The van der Waals surface area contributed by atoms with Gasteiger partial charge in [0.2, 0.25) is 0 Å². The van der Waals surface area contributed by atoms with Gasteiger partial charge in [-0.3, -0.25) is 0 Å². The Bertz CT molecular complexity index is 819. The number of likely N-dealkylation sites (N-methyl/N-ethyl adjacent to an activating group) is 1. The van der Waals surface area contributed by atoms with Crippen LogP contribution in [-0.4, -0.2) is 60.3 Å². The number of aliphatic hydroxyl groups is 1. The molecule has 0 amide bonds. The number of rotatable bonds is 5. The maximum atomic E-state index is 12.3. The molecule has 2 fully saturated rings. The summed E-state index contributed by atoms with van der Waals surface area (Å²) in [4.78, 5) is 4.95. The van der Waals surface area contributed by atoms with Crippen LogP contribution in [-0.2, 0) is 6.42 Å². The third-order valence-electron chi connectivity index (χ3n) is 7.01. The van der Waals surface area contributed by atoms with Crippen molar-refractivity contribution >= 4 is 6.08 Å². The van der Waals surface area contributed by atoms with E-state index in [-0.39, 0.29) is 5.92 Å². The van der Waals surface area contributed by atoms with Crippen LogP contribution in [0, 0.1) is 12.8 Å². The molecule has 2 unspecified atom stereocenters. The van der Waals surface area contributed by atoms with E-state index in [0.717, 1.165) is 63.3 Å². The first kappa shape index (κ1) is 21.4. The maximum Gasteiger partial charge on any atom is 0.126 e. The van der Waals surface area contributed by atoms with Gasteiger partial charge in [-0.05, 0) is 62.6 Å². The molecule has 4 rings (SSSR count). The Morgan fingerprint density at radius 1 is 1.10 bits per heavy atom. The van der Waals surface area contributed by atoms with Crippen molar-refractivity contribution < 1.29 is 9.52 Å². The van der Waals surface area contributed by atoms with E-state index in [1.165, 1.54) is 17.5 Å². The second-order valence-electron chi connectivity index (χ2n) is 9.32. The number of benzene rings is 1. The summed E-state index contributed by atoms with van der Waals surface area (Å²) >= 11 is 0. The Kier molecular flexibility index (Phi) is 6.77. The summed E-state index contributed by atoms with van der Waals surface area (Å²) in [6, 6.07) is 12.6. The van der Waals surface area contributed by atoms with Crippen LogP contribution in [0.2, 0.25) is 0 Å². The predicted molar refractivity (Wildman–Crippen MR) is 122 cm³/mol. The highest BCUT2D eigenvalue weighted by Gasteiger charge is 2.42. The first-order valence-corrected chi connectivity index (χ1v) is 11.5. The molecule has 1 N–H and O–H groups in total. The van der Waals surface area contributed by atoms with Gasteiger partial charge in [0.25, 0.3) is 0 Å². The van der Waals surface area contributed by atoms with Crippen molar-refractivity contribution in [1.29, 1.82) is 0 Å². The molecular formula is C26H36N2O2. The van der Waals surface area contributed by atoms with Gasteiger partial charge >= 0.3 is 0 Å². The van der Waals surface area contributed by atoms with Gasteiger partial charge in [-0.25, -0.2) is 0 Å². The minimum absolute atomic E-state index is 0.228. The zero-order valence-corrected chi connectivity index (χ0v) is 18.5. The highest BCUT2D eigenvalue weighted by Crippen LogP contribution is 2.41. The van der Waals surface area contributed by atoms with E-state index in [4.69, 9.17) is 4.42 Å². The summed E-state index contributed by atoms with van der Waals surface area (Å²) in [5.41, 5.74) is 2.75. The average Bonchev–Trinajstić information content (AvgIpc) is 3.20. The standard InChI is InChI=1S/C26H36N2O2/c1-21-9-11-22(12-10-21)19-26(29)23(18-25-8-5-17-30-25)6-3-4-7-24(26)20-28-15-13-27(2)14-16-28/h5,8-12,17-18,24,29H,3-4,6-7,13-16,19-20H2,1-2H3. The molecule has 1 aromatic carbocycles. The summed E-state index contributed by atoms with van der Waals surface area (Å²) in [6.45, 7) is 7.47. The van der Waals surface area contributed by atoms with E-state index >= 15 is 0 Å². The van der Waals surface area contributed by atoms with Gasteiger partial charge in [0.1, 0.15) is 5.76 Å². The summed E-state index contributed by atoms with van der Waals surface area (Å²) in [5.74, 6) is 1.07. The van der Waals surface area contributed by atoms with Gasteiger partial charge in [-0.15, -0.1) is 0 Å². The summed E-state index contributed by atoms with van der Waals surface area (Å²) < 4.78 is 5.63. The number of furan rings is 1. The molecule has 1 aromatic heterocycles. The van der Waals surface area contributed by atoms with E-state index in [1.807, 2.05) is 12.1 Å². The molecule has 0 spiro atoms. The molecule has 2 heterocycles. The second kappa shape index (κ2) is 9.51. The van der Waals surface area contributed by atoms with Crippen LogP contribution in [0.4, 0.5) is 0 Å². The van der Waals surface area contributed by atoms with E-state index in [2.05, 4.69) is 54.1 Å². The summed E-state index contributed by atoms with van der Waals surface area (Å²) in [7, 11) is 2.20. The molecule has 162 valence electrons. The van der Waals surface area contributed by atoms with Crippen LogP contribution >= 0.6 is 0 Å². The molecule has 2 atom stereocenters. The van der Waals surface area contributed by atoms with Gasteiger partial charge in [0.05, 0.1) is 11.9 Å². The molecule has 1 aliphatic carbocycles. The lowest BCUT2D eigenvalue weighted by Gasteiger charge is -2.42. The smallest absolute Gasteiger partial charge is 0.126 e. The molecule has 30 heavy (non-hydrogen) atoms. The van der Waals surface area contributed by atoms with Crippen LogP contribution in [0.3, 0.4) is 0 Å². The molecule has 1 aliphatic heterocycles. The van der Waals surface area contributed by atoms with Gasteiger partial charge in [0, 0.05) is 45.1 Å². The Morgan fingerprint density at radius 3 is 2.57 bits per heavy atom. The van der Waals surface area contributed by atoms with Crippen molar-refractivity contribution in [2.45, 2.75) is 44.6 Å². The molecule has 0 radical (unpaired) electrons. The minimum Gasteiger partial charge on any atom is -0.465 e. The quantitative estimate of drug-likeness (QED) is 0.745. The number of piperazine rings is 1. The molecule has 4 nitrogen and oxygen atoms in total. The summed E-state index contributed by atoms with van der Waals surface area (Å²) in [5, 5.41) is 12.3. The van der Waals surface area contributed by atoms with E-state index in [1.54, 1.807) is 6.26 Å². The maximum absolute atomic E-state index is 12.3. The number of aryl methyl sites for hydroxylation is 1. The van der Waals surface area contributed by atoms with Crippen molar-refractivity contribution in [3.63, 3.8) is 0 Å². The third kappa shape index (κ3) is 5.05.